The molecular formula is C13H15ClF3N3. The average molecular weight is 306 g/mol. The van der Waals surface area contributed by atoms with E-state index in [2.05, 4.69) is 10.6 Å². The van der Waals surface area contributed by atoms with E-state index >= 15 is 0 Å². The molecule has 0 radical (unpaired) electrons. The zero-order chi connectivity index (χ0) is 13.9. The predicted octanol–water partition coefficient (Wildman–Crippen LogP) is 3.16. The van der Waals surface area contributed by atoms with Crippen molar-refractivity contribution in [2.75, 3.05) is 18.4 Å². The summed E-state index contributed by atoms with van der Waals surface area (Å²) in [4.78, 5) is 0. The molecule has 0 atom stereocenters. The van der Waals surface area contributed by atoms with E-state index in [0.717, 1.165) is 32.0 Å². The van der Waals surface area contributed by atoms with Crippen LogP contribution < -0.4 is 10.6 Å². The van der Waals surface area contributed by atoms with Crippen molar-refractivity contribution in [3.05, 3.63) is 29.3 Å². The lowest BCUT2D eigenvalue weighted by molar-refractivity contribution is -0.137. The monoisotopic (exact) mass is 305 g/mol. The Morgan fingerprint density at radius 1 is 1.25 bits per heavy atom. The second kappa shape index (κ2) is 6.82. The number of alkyl halides is 3. The smallest absolute Gasteiger partial charge is 0.382 e. The van der Waals surface area contributed by atoms with E-state index < -0.39 is 11.7 Å². The molecule has 2 N–H and O–H groups in total. The molecule has 0 unspecified atom stereocenters. The van der Waals surface area contributed by atoms with Gasteiger partial charge in [0.25, 0.3) is 0 Å². The molecule has 1 aromatic carbocycles. The molecule has 20 heavy (non-hydrogen) atoms. The van der Waals surface area contributed by atoms with Gasteiger partial charge < -0.3 is 10.6 Å². The Balaban J connectivity index is 0.00000200. The summed E-state index contributed by atoms with van der Waals surface area (Å²) < 4.78 is 38.4. The van der Waals surface area contributed by atoms with Gasteiger partial charge in [-0.1, -0.05) is 0 Å². The second-order valence-corrected chi connectivity index (χ2v) is 4.54. The van der Waals surface area contributed by atoms with Crippen LogP contribution in [0.1, 0.15) is 24.0 Å². The number of rotatable bonds is 2. The van der Waals surface area contributed by atoms with Crippen molar-refractivity contribution < 1.29 is 13.2 Å². The minimum absolute atomic E-state index is 0. The molecule has 1 heterocycles. The molecule has 2 rings (SSSR count). The molecular weight excluding hydrogens is 291 g/mol. The lowest BCUT2D eigenvalue weighted by Crippen LogP contribution is -2.35. The summed E-state index contributed by atoms with van der Waals surface area (Å²) in [6.45, 7) is 1.72. The summed E-state index contributed by atoms with van der Waals surface area (Å²) in [6.07, 6.45) is -2.75. The van der Waals surface area contributed by atoms with Crippen molar-refractivity contribution in [1.82, 2.24) is 5.32 Å². The minimum Gasteiger partial charge on any atom is -0.382 e. The lowest BCUT2D eigenvalue weighted by Gasteiger charge is -2.25. The lowest BCUT2D eigenvalue weighted by atomic mass is 10.0. The van der Waals surface area contributed by atoms with Crippen molar-refractivity contribution in [3.63, 3.8) is 0 Å². The molecule has 0 aromatic heterocycles. The average Bonchev–Trinajstić information content (AvgIpc) is 2.39. The number of nitriles is 1. The molecule has 0 amide bonds. The van der Waals surface area contributed by atoms with Crippen molar-refractivity contribution in [1.29, 1.82) is 5.26 Å². The molecule has 0 spiro atoms. The van der Waals surface area contributed by atoms with Gasteiger partial charge in [-0.3, -0.25) is 0 Å². The largest absolute Gasteiger partial charge is 0.417 e. The molecule has 1 saturated heterocycles. The van der Waals surface area contributed by atoms with Crippen LogP contribution in [0.15, 0.2) is 18.2 Å². The molecule has 1 aromatic rings. The van der Waals surface area contributed by atoms with Crippen LogP contribution in [-0.2, 0) is 6.18 Å². The third kappa shape index (κ3) is 4.02. The first kappa shape index (κ1) is 16.6. The number of piperidine rings is 1. The van der Waals surface area contributed by atoms with E-state index in [9.17, 15) is 13.2 Å². The first-order chi connectivity index (χ1) is 9.00. The van der Waals surface area contributed by atoms with Crippen LogP contribution in [0.2, 0.25) is 0 Å². The summed E-state index contributed by atoms with van der Waals surface area (Å²) in [6, 6.07) is 5.50. The Bertz CT molecular complexity index is 491. The number of nitrogens with one attached hydrogen (secondary N) is 2. The summed E-state index contributed by atoms with van der Waals surface area (Å²) in [7, 11) is 0. The number of benzene rings is 1. The van der Waals surface area contributed by atoms with Gasteiger partial charge in [-0.25, -0.2) is 0 Å². The van der Waals surface area contributed by atoms with E-state index in [0.29, 0.717) is 5.69 Å². The maximum atomic E-state index is 12.8. The van der Waals surface area contributed by atoms with E-state index in [1.165, 1.54) is 12.1 Å². The zero-order valence-electron chi connectivity index (χ0n) is 10.6. The highest BCUT2D eigenvalue weighted by atomic mass is 35.5. The Hall–Kier alpha value is -1.45. The van der Waals surface area contributed by atoms with Gasteiger partial charge in [0, 0.05) is 11.7 Å². The van der Waals surface area contributed by atoms with Crippen LogP contribution in [0.3, 0.4) is 0 Å². The Labute approximate surface area is 121 Å². The zero-order valence-corrected chi connectivity index (χ0v) is 11.4. The van der Waals surface area contributed by atoms with Crippen molar-refractivity contribution in [2.45, 2.75) is 25.1 Å². The highest BCUT2D eigenvalue weighted by Gasteiger charge is 2.34. The highest BCUT2D eigenvalue weighted by Crippen LogP contribution is 2.33. The van der Waals surface area contributed by atoms with Gasteiger partial charge >= 0.3 is 6.18 Å². The fraction of sp³-hybridized carbons (Fsp3) is 0.462. The summed E-state index contributed by atoms with van der Waals surface area (Å²) >= 11 is 0. The third-order valence-electron chi connectivity index (χ3n) is 3.16. The van der Waals surface area contributed by atoms with Crippen LogP contribution in [0.5, 0.6) is 0 Å². The Kier molecular flexibility index (Phi) is 5.66. The highest BCUT2D eigenvalue weighted by molar-refractivity contribution is 5.85. The van der Waals surface area contributed by atoms with Crippen molar-refractivity contribution in [2.24, 2.45) is 0 Å². The molecule has 1 fully saturated rings. The molecule has 0 bridgehead atoms. The van der Waals surface area contributed by atoms with Crippen LogP contribution in [-0.4, -0.2) is 19.1 Å². The van der Waals surface area contributed by atoms with Gasteiger partial charge in [-0.15, -0.1) is 12.4 Å². The van der Waals surface area contributed by atoms with E-state index in [-0.39, 0.29) is 24.0 Å². The fourth-order valence-electron chi connectivity index (χ4n) is 2.17. The standard InChI is InChI=1S/C13H14F3N3.ClH/c14-13(15,16)12-7-11(2-1-9(12)8-17)19-10-3-5-18-6-4-10;/h1-2,7,10,18-19H,3-6H2;1H. The molecule has 1 aliphatic heterocycles. The quantitative estimate of drug-likeness (QED) is 0.882. The van der Waals surface area contributed by atoms with Gasteiger partial charge in [0.1, 0.15) is 0 Å². The molecule has 0 aliphatic carbocycles. The first-order valence-corrected chi connectivity index (χ1v) is 6.09. The molecule has 1 aliphatic rings. The molecule has 110 valence electrons. The van der Waals surface area contributed by atoms with E-state index in [1.54, 1.807) is 6.07 Å². The van der Waals surface area contributed by atoms with Crippen LogP contribution in [0.25, 0.3) is 0 Å². The van der Waals surface area contributed by atoms with E-state index in [4.69, 9.17) is 5.26 Å². The van der Waals surface area contributed by atoms with Gasteiger partial charge in [0.2, 0.25) is 0 Å². The molecule has 0 saturated carbocycles. The van der Waals surface area contributed by atoms with Crippen molar-refractivity contribution >= 4 is 18.1 Å². The van der Waals surface area contributed by atoms with Gasteiger partial charge in [0.15, 0.2) is 0 Å². The van der Waals surface area contributed by atoms with Gasteiger partial charge in [0.05, 0.1) is 17.2 Å². The number of nitrogens with zero attached hydrogens (tertiary/aromatic N) is 1. The molecule has 7 heteroatoms. The van der Waals surface area contributed by atoms with Gasteiger partial charge in [-0.2, -0.15) is 18.4 Å². The van der Waals surface area contributed by atoms with Crippen LogP contribution in [0, 0.1) is 11.3 Å². The summed E-state index contributed by atoms with van der Waals surface area (Å²) in [5, 5.41) is 15.0. The minimum atomic E-state index is -4.50. The topological polar surface area (TPSA) is 47.9 Å². The number of halogens is 4. The number of anilines is 1. The predicted molar refractivity (Wildman–Crippen MR) is 72.9 cm³/mol. The third-order valence-corrected chi connectivity index (χ3v) is 3.16. The number of hydrogen-bond donors (Lipinski definition) is 2. The van der Waals surface area contributed by atoms with Crippen LogP contribution in [0.4, 0.5) is 18.9 Å². The Morgan fingerprint density at radius 3 is 2.45 bits per heavy atom. The SMILES string of the molecule is Cl.N#Cc1ccc(NC2CCNCC2)cc1C(F)(F)F. The van der Waals surface area contributed by atoms with Crippen LogP contribution >= 0.6 is 12.4 Å². The fourth-order valence-corrected chi connectivity index (χ4v) is 2.17. The Morgan fingerprint density at radius 2 is 1.90 bits per heavy atom. The molecule has 3 nitrogen and oxygen atoms in total. The summed E-state index contributed by atoms with van der Waals surface area (Å²) in [5.74, 6) is 0. The first-order valence-electron chi connectivity index (χ1n) is 6.09. The normalized spacial score (nSPS) is 16.1. The van der Waals surface area contributed by atoms with Crippen molar-refractivity contribution in [3.8, 4) is 6.07 Å². The maximum absolute atomic E-state index is 12.8. The summed E-state index contributed by atoms with van der Waals surface area (Å²) in [5.41, 5.74) is -0.810. The van der Waals surface area contributed by atoms with Gasteiger partial charge in [-0.05, 0) is 44.1 Å². The van der Waals surface area contributed by atoms with E-state index in [1.807, 2.05) is 0 Å². The second-order valence-electron chi connectivity index (χ2n) is 4.54. The maximum Gasteiger partial charge on any atom is 0.417 e. The number of hydrogen-bond acceptors (Lipinski definition) is 3.